The van der Waals surface area contributed by atoms with Crippen LogP contribution in [-0.4, -0.2) is 47.8 Å². The van der Waals surface area contributed by atoms with Gasteiger partial charge in [0.1, 0.15) is 18.8 Å². The van der Waals surface area contributed by atoms with Crippen LogP contribution in [0.5, 0.6) is 11.5 Å². The van der Waals surface area contributed by atoms with Crippen molar-refractivity contribution in [2.24, 2.45) is 5.73 Å². The minimum absolute atomic E-state index is 0.350. The number of rotatable bonds is 3. The van der Waals surface area contributed by atoms with E-state index in [0.29, 0.717) is 39.3 Å². The molecule has 0 spiro atoms. The lowest BCUT2D eigenvalue weighted by molar-refractivity contribution is -0.142. The van der Waals surface area contributed by atoms with E-state index in [9.17, 15) is 9.90 Å². The highest BCUT2D eigenvalue weighted by molar-refractivity contribution is 9.10. The lowest BCUT2D eigenvalue weighted by Crippen LogP contribution is -2.50. The first kappa shape index (κ1) is 14.6. The summed E-state index contributed by atoms with van der Waals surface area (Å²) in [6.45, 7) is 2.75. The molecule has 7 heteroatoms. The molecule has 1 fully saturated rings. The maximum Gasteiger partial charge on any atom is 0.325 e. The zero-order valence-electron chi connectivity index (χ0n) is 11.5. The molecule has 6 nitrogen and oxygen atoms in total. The second-order valence-corrected chi connectivity index (χ2v) is 6.36. The first-order valence-corrected chi connectivity index (χ1v) is 7.60. The van der Waals surface area contributed by atoms with Crippen LogP contribution in [0, 0.1) is 0 Å². The minimum atomic E-state index is -1.14. The molecule has 1 saturated heterocycles. The van der Waals surface area contributed by atoms with Gasteiger partial charge < -0.3 is 20.3 Å². The van der Waals surface area contributed by atoms with E-state index in [0.717, 1.165) is 21.5 Å². The van der Waals surface area contributed by atoms with Crippen molar-refractivity contribution >= 4 is 21.9 Å². The summed E-state index contributed by atoms with van der Waals surface area (Å²) in [5.74, 6) is 0.527. The summed E-state index contributed by atoms with van der Waals surface area (Å²) in [7, 11) is 0. The van der Waals surface area contributed by atoms with Crippen LogP contribution in [0.15, 0.2) is 16.6 Å². The number of hydrogen-bond donors (Lipinski definition) is 2. The number of benzene rings is 1. The Morgan fingerprint density at radius 1 is 1.38 bits per heavy atom. The van der Waals surface area contributed by atoms with E-state index in [1.165, 1.54) is 0 Å². The van der Waals surface area contributed by atoms with Gasteiger partial charge in [0.05, 0.1) is 0 Å². The molecule has 1 atom stereocenters. The van der Waals surface area contributed by atoms with Gasteiger partial charge in [0, 0.05) is 24.1 Å². The van der Waals surface area contributed by atoms with Crippen LogP contribution >= 0.6 is 15.9 Å². The quantitative estimate of drug-likeness (QED) is 0.846. The Morgan fingerprint density at radius 2 is 2.05 bits per heavy atom. The van der Waals surface area contributed by atoms with Crippen molar-refractivity contribution < 1.29 is 19.4 Å². The van der Waals surface area contributed by atoms with Crippen molar-refractivity contribution in [1.29, 1.82) is 0 Å². The molecular weight excluding hydrogens is 340 g/mol. The lowest BCUT2D eigenvalue weighted by Gasteiger charge is -2.23. The molecule has 0 aliphatic carbocycles. The maximum atomic E-state index is 11.2. The number of aliphatic carboxylic acids is 1. The summed E-state index contributed by atoms with van der Waals surface area (Å²) in [5, 5.41) is 9.17. The van der Waals surface area contributed by atoms with Crippen molar-refractivity contribution in [2.75, 3.05) is 26.3 Å². The molecule has 0 aromatic heterocycles. The highest BCUT2D eigenvalue weighted by atomic mass is 79.9. The van der Waals surface area contributed by atoms with Crippen LogP contribution in [0.25, 0.3) is 0 Å². The Morgan fingerprint density at radius 3 is 2.67 bits per heavy atom. The molecule has 1 unspecified atom stereocenters. The second-order valence-electron chi connectivity index (χ2n) is 5.51. The molecule has 2 aliphatic heterocycles. The minimum Gasteiger partial charge on any atom is -0.486 e. The van der Waals surface area contributed by atoms with Gasteiger partial charge in [-0.05, 0) is 24.1 Å². The smallest absolute Gasteiger partial charge is 0.325 e. The summed E-state index contributed by atoms with van der Waals surface area (Å²) in [4.78, 5) is 13.2. The van der Waals surface area contributed by atoms with E-state index in [-0.39, 0.29) is 0 Å². The molecule has 0 bridgehead atoms. The fraction of sp³-hybridized carbons (Fsp3) is 0.500. The number of likely N-dealkylation sites (tertiary alicyclic amines) is 1. The standard InChI is InChI=1S/C14H17BrN2O4/c15-10-6-12-11(20-3-4-21-12)5-9(10)7-17-2-1-14(16,8-17)13(18)19/h5-6H,1-4,7-8,16H2,(H,18,19). The zero-order chi connectivity index (χ0) is 15.0. The van der Waals surface area contributed by atoms with Gasteiger partial charge in [-0.1, -0.05) is 15.9 Å². The third kappa shape index (κ3) is 2.86. The van der Waals surface area contributed by atoms with Crippen molar-refractivity contribution in [3.8, 4) is 11.5 Å². The van der Waals surface area contributed by atoms with E-state index >= 15 is 0 Å². The molecule has 21 heavy (non-hydrogen) atoms. The number of fused-ring (bicyclic) bond motifs is 1. The predicted octanol–water partition coefficient (Wildman–Crippen LogP) is 1.21. The Bertz CT molecular complexity index is 580. The monoisotopic (exact) mass is 356 g/mol. The van der Waals surface area contributed by atoms with E-state index in [2.05, 4.69) is 15.9 Å². The molecular formula is C14H17BrN2O4. The molecule has 0 amide bonds. The molecule has 114 valence electrons. The van der Waals surface area contributed by atoms with Gasteiger partial charge in [-0.15, -0.1) is 0 Å². The van der Waals surface area contributed by atoms with Crippen LogP contribution in [0.4, 0.5) is 0 Å². The third-order valence-corrected chi connectivity index (χ3v) is 4.65. The van der Waals surface area contributed by atoms with Gasteiger partial charge in [0.2, 0.25) is 0 Å². The number of carboxylic acids is 1. The summed E-state index contributed by atoms with van der Waals surface area (Å²) in [6, 6.07) is 3.84. The number of hydrogen-bond acceptors (Lipinski definition) is 5. The molecule has 2 aliphatic rings. The van der Waals surface area contributed by atoms with Crippen LogP contribution in [-0.2, 0) is 11.3 Å². The summed E-state index contributed by atoms with van der Waals surface area (Å²) >= 11 is 3.53. The molecule has 0 saturated carbocycles. The van der Waals surface area contributed by atoms with E-state index in [4.69, 9.17) is 15.2 Å². The molecule has 3 rings (SSSR count). The number of nitrogens with two attached hydrogens (primary N) is 1. The Hall–Kier alpha value is -1.31. The molecule has 1 aromatic rings. The summed E-state index contributed by atoms with van der Waals surface area (Å²) in [6.07, 6.45) is 0.463. The second kappa shape index (κ2) is 5.47. The van der Waals surface area contributed by atoms with Gasteiger partial charge in [0.25, 0.3) is 0 Å². The van der Waals surface area contributed by atoms with Crippen molar-refractivity contribution in [1.82, 2.24) is 4.90 Å². The first-order valence-electron chi connectivity index (χ1n) is 6.81. The predicted molar refractivity (Wildman–Crippen MR) is 79.6 cm³/mol. The van der Waals surface area contributed by atoms with E-state index in [1.54, 1.807) is 0 Å². The average Bonchev–Trinajstić information content (AvgIpc) is 2.83. The van der Waals surface area contributed by atoms with Crippen molar-refractivity contribution in [3.05, 3.63) is 22.2 Å². The highest BCUT2D eigenvalue weighted by Gasteiger charge is 2.41. The summed E-state index contributed by atoms with van der Waals surface area (Å²) < 4.78 is 12.0. The van der Waals surface area contributed by atoms with Gasteiger partial charge in [-0.25, -0.2) is 0 Å². The fourth-order valence-corrected chi connectivity index (χ4v) is 3.14. The topological polar surface area (TPSA) is 85.0 Å². The van der Waals surface area contributed by atoms with Gasteiger partial charge in [-0.3, -0.25) is 9.69 Å². The molecule has 0 radical (unpaired) electrons. The number of carbonyl (C=O) groups is 1. The van der Waals surface area contributed by atoms with Crippen molar-refractivity contribution in [3.63, 3.8) is 0 Å². The van der Waals surface area contributed by atoms with Crippen molar-refractivity contribution in [2.45, 2.75) is 18.5 Å². The Labute approximate surface area is 130 Å². The highest BCUT2D eigenvalue weighted by Crippen LogP contribution is 2.36. The SMILES string of the molecule is NC1(C(=O)O)CCN(Cc2cc3c(cc2Br)OCCO3)C1. The van der Waals surface area contributed by atoms with Crippen LogP contribution in [0.1, 0.15) is 12.0 Å². The van der Waals surface area contributed by atoms with Crippen LogP contribution < -0.4 is 15.2 Å². The number of ether oxygens (including phenoxy) is 2. The number of halogens is 1. The van der Waals surface area contributed by atoms with Crippen LogP contribution in [0.3, 0.4) is 0 Å². The third-order valence-electron chi connectivity index (χ3n) is 3.91. The lowest BCUT2D eigenvalue weighted by atomic mass is 10.0. The zero-order valence-corrected chi connectivity index (χ0v) is 13.1. The molecule has 2 heterocycles. The van der Waals surface area contributed by atoms with Gasteiger partial charge in [0.15, 0.2) is 11.5 Å². The van der Waals surface area contributed by atoms with Crippen LogP contribution in [0.2, 0.25) is 0 Å². The van der Waals surface area contributed by atoms with E-state index in [1.807, 2.05) is 17.0 Å². The molecule has 1 aromatic carbocycles. The summed E-state index contributed by atoms with van der Waals surface area (Å²) in [5.41, 5.74) is 5.79. The Kier molecular flexibility index (Phi) is 3.81. The van der Waals surface area contributed by atoms with Gasteiger partial charge >= 0.3 is 5.97 Å². The molecule has 3 N–H and O–H groups in total. The van der Waals surface area contributed by atoms with Gasteiger partial charge in [-0.2, -0.15) is 0 Å². The first-order chi connectivity index (χ1) is 9.98. The number of nitrogens with zero attached hydrogens (tertiary/aromatic N) is 1. The Balaban J connectivity index is 1.75. The fourth-order valence-electron chi connectivity index (χ4n) is 2.69. The number of carboxylic acid groups (broad SMARTS) is 1. The normalized spacial score (nSPS) is 25.0. The largest absolute Gasteiger partial charge is 0.486 e. The maximum absolute atomic E-state index is 11.2. The average molecular weight is 357 g/mol. The van der Waals surface area contributed by atoms with E-state index < -0.39 is 11.5 Å².